The molecule has 0 aromatic carbocycles. The first-order valence-corrected chi connectivity index (χ1v) is 7.00. The summed E-state index contributed by atoms with van der Waals surface area (Å²) in [6, 6.07) is 4.06. The van der Waals surface area contributed by atoms with Gasteiger partial charge in [0.15, 0.2) is 0 Å². The van der Waals surface area contributed by atoms with Crippen LogP contribution in [0.5, 0.6) is 0 Å². The van der Waals surface area contributed by atoms with Gasteiger partial charge in [0.05, 0.1) is 18.0 Å². The van der Waals surface area contributed by atoms with Crippen LogP contribution >= 0.6 is 11.3 Å². The van der Waals surface area contributed by atoms with Gasteiger partial charge in [0.1, 0.15) is 11.4 Å². The zero-order chi connectivity index (χ0) is 12.4. The van der Waals surface area contributed by atoms with Gasteiger partial charge in [-0.3, -0.25) is 0 Å². The molecule has 5 heteroatoms. The number of ether oxygens (including phenoxy) is 1. The van der Waals surface area contributed by atoms with Gasteiger partial charge in [-0.25, -0.2) is 4.98 Å². The van der Waals surface area contributed by atoms with Crippen LogP contribution in [0.1, 0.15) is 12.8 Å². The summed E-state index contributed by atoms with van der Waals surface area (Å²) in [7, 11) is 0. The lowest BCUT2D eigenvalue weighted by Gasteiger charge is -2.32. The highest BCUT2D eigenvalue weighted by atomic mass is 32.1. The van der Waals surface area contributed by atoms with Gasteiger partial charge in [0.2, 0.25) is 0 Å². The second-order valence-corrected chi connectivity index (χ2v) is 5.68. The quantitative estimate of drug-likeness (QED) is 0.924. The van der Waals surface area contributed by atoms with E-state index in [1.807, 2.05) is 28.3 Å². The van der Waals surface area contributed by atoms with Gasteiger partial charge in [-0.15, -0.1) is 11.3 Å². The van der Waals surface area contributed by atoms with Crippen molar-refractivity contribution >= 4 is 11.3 Å². The molecule has 0 aliphatic carbocycles. The molecule has 96 valence electrons. The molecule has 0 spiro atoms. The van der Waals surface area contributed by atoms with Crippen LogP contribution in [-0.4, -0.2) is 33.5 Å². The van der Waals surface area contributed by atoms with E-state index in [4.69, 9.17) is 4.74 Å². The second kappa shape index (κ2) is 4.84. The fourth-order valence-corrected chi connectivity index (χ4v) is 3.08. The first kappa shape index (κ1) is 11.9. The summed E-state index contributed by atoms with van der Waals surface area (Å²) in [5, 5.41) is 12.5. The zero-order valence-electron chi connectivity index (χ0n) is 10.1. The number of thiophene rings is 1. The van der Waals surface area contributed by atoms with Crippen molar-refractivity contribution in [2.24, 2.45) is 0 Å². The summed E-state index contributed by atoms with van der Waals surface area (Å²) >= 11 is 1.66. The zero-order valence-corrected chi connectivity index (χ0v) is 10.9. The lowest BCUT2D eigenvalue weighted by atomic mass is 9.96. The number of hydrogen-bond acceptors (Lipinski definition) is 4. The molecule has 1 aliphatic heterocycles. The third kappa shape index (κ3) is 2.34. The van der Waals surface area contributed by atoms with Gasteiger partial charge in [-0.1, -0.05) is 6.07 Å². The van der Waals surface area contributed by atoms with Crippen LogP contribution in [0.4, 0.5) is 0 Å². The predicted molar refractivity (Wildman–Crippen MR) is 70.5 cm³/mol. The van der Waals surface area contributed by atoms with Crippen LogP contribution in [0.15, 0.2) is 29.9 Å². The maximum Gasteiger partial charge on any atom is 0.150 e. The van der Waals surface area contributed by atoms with Gasteiger partial charge in [-0.2, -0.15) is 0 Å². The number of nitrogens with zero attached hydrogens (tertiary/aromatic N) is 2. The van der Waals surface area contributed by atoms with Crippen molar-refractivity contribution < 1.29 is 9.84 Å². The molecule has 1 unspecified atom stereocenters. The van der Waals surface area contributed by atoms with Gasteiger partial charge >= 0.3 is 0 Å². The molecule has 18 heavy (non-hydrogen) atoms. The van der Waals surface area contributed by atoms with Crippen molar-refractivity contribution in [3.63, 3.8) is 0 Å². The fourth-order valence-electron chi connectivity index (χ4n) is 2.35. The Bertz CT molecular complexity index is 501. The molecule has 3 rings (SSSR count). The lowest BCUT2D eigenvalue weighted by molar-refractivity contribution is -0.0940. The minimum atomic E-state index is -0.759. The minimum Gasteiger partial charge on any atom is -0.386 e. The van der Waals surface area contributed by atoms with Crippen LogP contribution in [0.2, 0.25) is 0 Å². The number of aliphatic hydroxyl groups is 1. The van der Waals surface area contributed by atoms with Crippen molar-refractivity contribution in [3.05, 3.63) is 29.9 Å². The predicted octanol–water partition coefficient (Wildman–Crippen LogP) is 2.15. The van der Waals surface area contributed by atoms with Gasteiger partial charge in [-0.05, 0) is 24.3 Å². The number of rotatable bonds is 3. The molecule has 1 atom stereocenters. The molecule has 0 amide bonds. The molecule has 2 aromatic rings. The second-order valence-electron chi connectivity index (χ2n) is 4.74. The molecule has 2 aromatic heterocycles. The molecule has 1 fully saturated rings. The number of hydrogen-bond donors (Lipinski definition) is 1. The summed E-state index contributed by atoms with van der Waals surface area (Å²) < 4.78 is 7.40. The van der Waals surface area contributed by atoms with E-state index in [-0.39, 0.29) is 0 Å². The molecule has 0 bridgehead atoms. The normalized spacial score (nSPS) is 24.3. The van der Waals surface area contributed by atoms with E-state index < -0.39 is 5.60 Å². The molecule has 1 aliphatic rings. The highest BCUT2D eigenvalue weighted by molar-refractivity contribution is 7.13. The van der Waals surface area contributed by atoms with Gasteiger partial charge in [0.25, 0.3) is 0 Å². The molecular formula is C13H16N2O2S. The van der Waals surface area contributed by atoms with Crippen molar-refractivity contribution in [2.45, 2.75) is 25.0 Å². The summed E-state index contributed by atoms with van der Waals surface area (Å²) in [6.45, 7) is 1.71. The lowest BCUT2D eigenvalue weighted by Crippen LogP contribution is -2.42. The summed E-state index contributed by atoms with van der Waals surface area (Å²) in [5.41, 5.74) is -0.759. The highest BCUT2D eigenvalue weighted by Gasteiger charge is 2.31. The van der Waals surface area contributed by atoms with Crippen LogP contribution in [-0.2, 0) is 11.3 Å². The van der Waals surface area contributed by atoms with Crippen LogP contribution in [0.25, 0.3) is 10.7 Å². The topological polar surface area (TPSA) is 47.3 Å². The van der Waals surface area contributed by atoms with E-state index in [2.05, 4.69) is 4.98 Å². The van der Waals surface area contributed by atoms with E-state index in [0.717, 1.165) is 30.2 Å². The van der Waals surface area contributed by atoms with Crippen molar-refractivity contribution in [2.75, 3.05) is 13.2 Å². The smallest absolute Gasteiger partial charge is 0.150 e. The van der Waals surface area contributed by atoms with Gasteiger partial charge < -0.3 is 14.4 Å². The van der Waals surface area contributed by atoms with E-state index >= 15 is 0 Å². The fraction of sp³-hybridized carbons (Fsp3) is 0.462. The standard InChI is InChI=1S/C13H16N2O2S/c16-13(4-2-7-17-10-13)9-15-6-5-14-12(15)11-3-1-8-18-11/h1,3,5-6,8,16H,2,4,7,9-10H2. The van der Waals surface area contributed by atoms with E-state index in [0.29, 0.717) is 13.2 Å². The maximum atomic E-state index is 10.5. The Balaban J connectivity index is 1.83. The molecule has 0 saturated carbocycles. The minimum absolute atomic E-state index is 0.412. The van der Waals surface area contributed by atoms with Crippen molar-refractivity contribution in [1.29, 1.82) is 0 Å². The Kier molecular flexibility index (Phi) is 3.20. The molecular weight excluding hydrogens is 248 g/mol. The van der Waals surface area contributed by atoms with Crippen LogP contribution in [0, 0.1) is 0 Å². The highest BCUT2D eigenvalue weighted by Crippen LogP contribution is 2.26. The number of imidazole rings is 1. The van der Waals surface area contributed by atoms with Gasteiger partial charge in [0, 0.05) is 19.0 Å². The molecule has 1 N–H and O–H groups in total. The Morgan fingerprint density at radius 3 is 3.22 bits per heavy atom. The maximum absolute atomic E-state index is 10.5. The molecule has 4 nitrogen and oxygen atoms in total. The summed E-state index contributed by atoms with van der Waals surface area (Å²) in [6.07, 6.45) is 5.40. The van der Waals surface area contributed by atoms with Crippen LogP contribution < -0.4 is 0 Å². The first-order valence-electron chi connectivity index (χ1n) is 6.12. The molecule has 0 radical (unpaired) electrons. The summed E-state index contributed by atoms with van der Waals surface area (Å²) in [5.74, 6) is 0.920. The third-order valence-electron chi connectivity index (χ3n) is 3.22. The first-order chi connectivity index (χ1) is 8.77. The average Bonchev–Trinajstić information content (AvgIpc) is 2.99. The Labute approximate surface area is 110 Å². The Morgan fingerprint density at radius 2 is 2.50 bits per heavy atom. The largest absolute Gasteiger partial charge is 0.386 e. The van der Waals surface area contributed by atoms with Crippen molar-refractivity contribution in [3.8, 4) is 10.7 Å². The van der Waals surface area contributed by atoms with Crippen molar-refractivity contribution in [1.82, 2.24) is 9.55 Å². The monoisotopic (exact) mass is 264 g/mol. The Hall–Kier alpha value is -1.17. The molecule has 3 heterocycles. The molecule has 1 saturated heterocycles. The van der Waals surface area contributed by atoms with Crippen LogP contribution in [0.3, 0.4) is 0 Å². The number of aromatic nitrogens is 2. The average molecular weight is 264 g/mol. The van der Waals surface area contributed by atoms with E-state index in [9.17, 15) is 5.11 Å². The van der Waals surface area contributed by atoms with E-state index in [1.54, 1.807) is 17.5 Å². The Morgan fingerprint density at radius 1 is 1.56 bits per heavy atom. The SMILES string of the molecule is OC1(Cn2ccnc2-c2cccs2)CCCOC1. The van der Waals surface area contributed by atoms with E-state index in [1.165, 1.54) is 0 Å². The third-order valence-corrected chi connectivity index (χ3v) is 4.09. The summed E-state index contributed by atoms with van der Waals surface area (Å²) in [4.78, 5) is 5.50.